The molecule has 3 aromatic carbocycles. The van der Waals surface area contributed by atoms with E-state index in [-0.39, 0.29) is 17.6 Å². The van der Waals surface area contributed by atoms with Crippen molar-refractivity contribution in [2.75, 3.05) is 17.7 Å². The van der Waals surface area contributed by atoms with E-state index in [9.17, 15) is 14.7 Å². The van der Waals surface area contributed by atoms with E-state index < -0.39 is 0 Å². The molecule has 0 saturated carbocycles. The molecule has 0 aliphatic carbocycles. The van der Waals surface area contributed by atoms with Gasteiger partial charge in [-0.05, 0) is 71.3 Å². The second-order valence-electron chi connectivity index (χ2n) is 8.02. The first-order chi connectivity index (χ1) is 17.0. The summed E-state index contributed by atoms with van der Waals surface area (Å²) in [6, 6.07) is 19.3. The number of amides is 2. The zero-order valence-corrected chi connectivity index (χ0v) is 18.8. The van der Waals surface area contributed by atoms with Crippen molar-refractivity contribution < 1.29 is 19.4 Å². The van der Waals surface area contributed by atoms with Crippen molar-refractivity contribution in [2.24, 2.45) is 0 Å². The van der Waals surface area contributed by atoms with E-state index in [4.69, 9.17) is 4.74 Å². The van der Waals surface area contributed by atoms with Gasteiger partial charge in [0, 0.05) is 24.5 Å². The van der Waals surface area contributed by atoms with E-state index in [0.717, 1.165) is 16.7 Å². The first-order valence-electron chi connectivity index (χ1n) is 10.9. The molecule has 0 atom stereocenters. The van der Waals surface area contributed by atoms with Gasteiger partial charge >= 0.3 is 0 Å². The molecular formula is C27H22N4O4. The van der Waals surface area contributed by atoms with Crippen LogP contribution in [0.2, 0.25) is 0 Å². The van der Waals surface area contributed by atoms with Crippen LogP contribution in [0.1, 0.15) is 26.3 Å². The highest BCUT2D eigenvalue weighted by molar-refractivity contribution is 6.13. The Morgan fingerprint density at radius 1 is 0.914 bits per heavy atom. The molecule has 4 N–H and O–H groups in total. The number of aromatic hydroxyl groups is 1. The third-order valence-electron chi connectivity index (χ3n) is 5.78. The van der Waals surface area contributed by atoms with E-state index in [1.54, 1.807) is 54.9 Å². The number of nitrogens with zero attached hydrogens (tertiary/aromatic N) is 1. The molecule has 0 saturated heterocycles. The summed E-state index contributed by atoms with van der Waals surface area (Å²) in [5.74, 6) is -0.110. The van der Waals surface area contributed by atoms with Crippen LogP contribution in [0.3, 0.4) is 0 Å². The number of hydrogen-bond acceptors (Lipinski definition) is 6. The Labute approximate surface area is 201 Å². The van der Waals surface area contributed by atoms with Gasteiger partial charge in [0.25, 0.3) is 11.8 Å². The molecule has 1 aliphatic heterocycles. The average Bonchev–Trinajstić information content (AvgIpc) is 3.02. The minimum Gasteiger partial charge on any atom is -0.504 e. The van der Waals surface area contributed by atoms with Gasteiger partial charge in [-0.3, -0.25) is 14.6 Å². The highest BCUT2D eigenvalue weighted by Gasteiger charge is 2.21. The number of anilines is 3. The van der Waals surface area contributed by atoms with Crippen molar-refractivity contribution in [1.82, 2.24) is 10.3 Å². The third-order valence-corrected chi connectivity index (χ3v) is 5.78. The SMILES string of the molecule is COc1cc(-c2ccc3c(c2)Nc2ccc(C(=O)NCc4ccncc4)cc2NC3=O)ccc1O. The number of phenolic OH excluding ortho intramolecular Hbond substituents is 1. The number of aromatic nitrogens is 1. The third kappa shape index (κ3) is 4.49. The van der Waals surface area contributed by atoms with Gasteiger partial charge in [-0.1, -0.05) is 12.1 Å². The lowest BCUT2D eigenvalue weighted by Gasteiger charge is -2.12. The molecule has 2 amide bonds. The molecule has 8 nitrogen and oxygen atoms in total. The van der Waals surface area contributed by atoms with Gasteiger partial charge in [0.2, 0.25) is 0 Å². The van der Waals surface area contributed by atoms with Crippen LogP contribution >= 0.6 is 0 Å². The molecule has 2 heterocycles. The van der Waals surface area contributed by atoms with Gasteiger partial charge in [-0.2, -0.15) is 0 Å². The summed E-state index contributed by atoms with van der Waals surface area (Å²) in [7, 11) is 1.49. The van der Waals surface area contributed by atoms with Crippen molar-refractivity contribution in [3.8, 4) is 22.6 Å². The summed E-state index contributed by atoms with van der Waals surface area (Å²) in [5.41, 5.74) is 5.32. The highest BCUT2D eigenvalue weighted by atomic mass is 16.5. The average molecular weight is 466 g/mol. The minimum absolute atomic E-state index is 0.0538. The van der Waals surface area contributed by atoms with Gasteiger partial charge in [0.05, 0.1) is 29.7 Å². The van der Waals surface area contributed by atoms with Crippen molar-refractivity contribution in [2.45, 2.75) is 6.54 Å². The van der Waals surface area contributed by atoms with Crippen LogP contribution in [0.5, 0.6) is 11.5 Å². The van der Waals surface area contributed by atoms with Gasteiger partial charge in [0.15, 0.2) is 11.5 Å². The van der Waals surface area contributed by atoms with Crippen LogP contribution < -0.4 is 20.7 Å². The number of benzene rings is 3. The van der Waals surface area contributed by atoms with Crippen molar-refractivity contribution in [3.05, 3.63) is 95.8 Å². The topological polar surface area (TPSA) is 113 Å². The number of rotatable bonds is 5. The lowest BCUT2D eigenvalue weighted by atomic mass is 10.0. The number of ether oxygens (including phenoxy) is 1. The molecular weight excluding hydrogens is 444 g/mol. The molecule has 174 valence electrons. The molecule has 1 aliphatic rings. The van der Waals surface area contributed by atoms with E-state index in [1.807, 2.05) is 24.3 Å². The number of hydrogen-bond donors (Lipinski definition) is 4. The largest absolute Gasteiger partial charge is 0.504 e. The number of fused-ring (bicyclic) bond motifs is 2. The van der Waals surface area contributed by atoms with E-state index in [2.05, 4.69) is 20.9 Å². The van der Waals surface area contributed by atoms with Crippen molar-refractivity contribution in [3.63, 3.8) is 0 Å². The fourth-order valence-corrected chi connectivity index (χ4v) is 3.90. The monoisotopic (exact) mass is 466 g/mol. The summed E-state index contributed by atoms with van der Waals surface area (Å²) >= 11 is 0. The number of methoxy groups -OCH3 is 1. The van der Waals surface area contributed by atoms with Gasteiger partial charge in [-0.15, -0.1) is 0 Å². The molecule has 5 rings (SSSR count). The fraction of sp³-hybridized carbons (Fsp3) is 0.0741. The quantitative estimate of drug-likeness (QED) is 0.339. The second-order valence-corrected chi connectivity index (χ2v) is 8.02. The maximum atomic E-state index is 12.9. The summed E-state index contributed by atoms with van der Waals surface area (Å²) in [6.45, 7) is 0.374. The van der Waals surface area contributed by atoms with Crippen LogP contribution in [0.25, 0.3) is 11.1 Å². The van der Waals surface area contributed by atoms with Crippen LogP contribution in [-0.4, -0.2) is 29.0 Å². The number of phenols is 1. The first kappa shape index (κ1) is 22.0. The fourth-order valence-electron chi connectivity index (χ4n) is 3.90. The highest BCUT2D eigenvalue weighted by Crippen LogP contribution is 2.37. The van der Waals surface area contributed by atoms with Gasteiger partial charge in [-0.25, -0.2) is 0 Å². The number of carbonyl (C=O) groups is 2. The van der Waals surface area contributed by atoms with Gasteiger partial charge in [0.1, 0.15) is 0 Å². The second kappa shape index (κ2) is 9.18. The van der Waals surface area contributed by atoms with E-state index in [1.165, 1.54) is 7.11 Å². The molecule has 0 unspecified atom stereocenters. The molecule has 8 heteroatoms. The molecule has 0 spiro atoms. The lowest BCUT2D eigenvalue weighted by Crippen LogP contribution is -2.23. The number of nitrogens with one attached hydrogen (secondary N) is 3. The Hall–Kier alpha value is -4.85. The zero-order chi connectivity index (χ0) is 24.4. The minimum atomic E-state index is -0.282. The molecule has 0 radical (unpaired) electrons. The summed E-state index contributed by atoms with van der Waals surface area (Å²) in [6.07, 6.45) is 3.35. The maximum absolute atomic E-state index is 12.9. The first-order valence-corrected chi connectivity index (χ1v) is 10.9. The summed E-state index contributed by atoms with van der Waals surface area (Å²) in [5, 5.41) is 19.0. The Kier molecular flexibility index (Phi) is 5.76. The van der Waals surface area contributed by atoms with Crippen LogP contribution in [0, 0.1) is 0 Å². The van der Waals surface area contributed by atoms with Crippen molar-refractivity contribution in [1.29, 1.82) is 0 Å². The molecule has 1 aromatic heterocycles. The Morgan fingerprint density at radius 2 is 1.69 bits per heavy atom. The zero-order valence-electron chi connectivity index (χ0n) is 18.8. The van der Waals surface area contributed by atoms with Crippen molar-refractivity contribution >= 4 is 28.9 Å². The molecule has 35 heavy (non-hydrogen) atoms. The Balaban J connectivity index is 1.40. The smallest absolute Gasteiger partial charge is 0.257 e. The van der Waals surface area contributed by atoms with E-state index in [0.29, 0.717) is 40.5 Å². The van der Waals surface area contributed by atoms with Crippen LogP contribution in [0.4, 0.5) is 17.1 Å². The number of carbonyl (C=O) groups excluding carboxylic acids is 2. The normalized spacial score (nSPS) is 11.9. The molecule has 4 aromatic rings. The standard InChI is InChI=1S/C27H22N4O4/c1-35-25-14-18(4-7-24(25)32)17-2-5-20-22(12-17)30-21-6-3-19(13-23(21)31-27(20)34)26(33)29-15-16-8-10-28-11-9-16/h2-14,30,32H,15H2,1H3,(H,29,33)(H,31,34). The predicted octanol–water partition coefficient (Wildman–Crippen LogP) is 4.70. The predicted molar refractivity (Wildman–Crippen MR) is 133 cm³/mol. The van der Waals surface area contributed by atoms with E-state index >= 15 is 0 Å². The van der Waals surface area contributed by atoms with Gasteiger partial charge < -0.3 is 25.8 Å². The number of pyridine rings is 1. The molecule has 0 bridgehead atoms. The maximum Gasteiger partial charge on any atom is 0.257 e. The van der Waals surface area contributed by atoms with Crippen LogP contribution in [-0.2, 0) is 6.54 Å². The van der Waals surface area contributed by atoms with Crippen LogP contribution in [0.15, 0.2) is 79.1 Å². The summed E-state index contributed by atoms with van der Waals surface area (Å²) < 4.78 is 5.21. The molecule has 0 fully saturated rings. The Bertz CT molecular complexity index is 1440. The lowest BCUT2D eigenvalue weighted by molar-refractivity contribution is 0.0949. The summed E-state index contributed by atoms with van der Waals surface area (Å²) in [4.78, 5) is 29.6. The Morgan fingerprint density at radius 3 is 2.49 bits per heavy atom.